The SMILES string of the molecule is COC1CC(NCc2ccoc2)C1. The van der Waals surface area contributed by atoms with Crippen LogP contribution in [0.1, 0.15) is 18.4 Å². The zero-order valence-corrected chi connectivity index (χ0v) is 7.82. The van der Waals surface area contributed by atoms with Gasteiger partial charge in [0, 0.05) is 25.3 Å². The van der Waals surface area contributed by atoms with Crippen molar-refractivity contribution in [1.82, 2.24) is 5.32 Å². The van der Waals surface area contributed by atoms with Gasteiger partial charge < -0.3 is 14.5 Å². The normalized spacial score (nSPS) is 27.2. The molecule has 1 heterocycles. The lowest BCUT2D eigenvalue weighted by Crippen LogP contribution is -2.44. The van der Waals surface area contributed by atoms with Crippen molar-refractivity contribution in [2.24, 2.45) is 0 Å². The van der Waals surface area contributed by atoms with Crippen molar-refractivity contribution < 1.29 is 9.15 Å². The van der Waals surface area contributed by atoms with Gasteiger partial charge in [-0.25, -0.2) is 0 Å². The van der Waals surface area contributed by atoms with Gasteiger partial charge in [-0.3, -0.25) is 0 Å². The second-order valence-corrected chi connectivity index (χ2v) is 3.54. The van der Waals surface area contributed by atoms with Crippen LogP contribution in [0, 0.1) is 0 Å². The van der Waals surface area contributed by atoms with Gasteiger partial charge in [0.1, 0.15) is 0 Å². The molecule has 0 amide bonds. The van der Waals surface area contributed by atoms with Gasteiger partial charge in [-0.2, -0.15) is 0 Å². The van der Waals surface area contributed by atoms with E-state index in [-0.39, 0.29) is 0 Å². The first-order valence-electron chi connectivity index (χ1n) is 4.65. The van der Waals surface area contributed by atoms with Crippen molar-refractivity contribution in [1.29, 1.82) is 0 Å². The van der Waals surface area contributed by atoms with E-state index in [1.165, 1.54) is 5.56 Å². The Morgan fingerprint density at radius 1 is 1.62 bits per heavy atom. The van der Waals surface area contributed by atoms with Crippen molar-refractivity contribution in [3.63, 3.8) is 0 Å². The van der Waals surface area contributed by atoms with E-state index in [0.29, 0.717) is 12.1 Å². The molecule has 0 radical (unpaired) electrons. The molecule has 72 valence electrons. The van der Waals surface area contributed by atoms with E-state index in [4.69, 9.17) is 9.15 Å². The monoisotopic (exact) mass is 181 g/mol. The van der Waals surface area contributed by atoms with Crippen LogP contribution in [0.3, 0.4) is 0 Å². The number of methoxy groups -OCH3 is 1. The smallest absolute Gasteiger partial charge is 0.0947 e. The predicted octanol–water partition coefficient (Wildman–Crippen LogP) is 1.55. The fraction of sp³-hybridized carbons (Fsp3) is 0.600. The summed E-state index contributed by atoms with van der Waals surface area (Å²) in [7, 11) is 1.77. The standard InChI is InChI=1S/C10H15NO2/c1-12-10-4-9(5-10)11-6-8-2-3-13-7-8/h2-3,7,9-11H,4-6H2,1H3. The Morgan fingerprint density at radius 2 is 2.46 bits per heavy atom. The van der Waals surface area contributed by atoms with Gasteiger partial charge in [-0.15, -0.1) is 0 Å². The molecular formula is C10H15NO2. The lowest BCUT2D eigenvalue weighted by Gasteiger charge is -2.34. The largest absolute Gasteiger partial charge is 0.472 e. The second kappa shape index (κ2) is 3.94. The molecule has 1 aliphatic rings. The van der Waals surface area contributed by atoms with Gasteiger partial charge in [0.05, 0.1) is 18.6 Å². The Hall–Kier alpha value is -0.800. The van der Waals surface area contributed by atoms with Crippen LogP contribution in [0.5, 0.6) is 0 Å². The molecule has 0 bridgehead atoms. The van der Waals surface area contributed by atoms with Gasteiger partial charge in [0.25, 0.3) is 0 Å². The van der Waals surface area contributed by atoms with Gasteiger partial charge in [0.2, 0.25) is 0 Å². The molecule has 0 aliphatic heterocycles. The minimum absolute atomic E-state index is 0.474. The number of hydrogen-bond acceptors (Lipinski definition) is 3. The quantitative estimate of drug-likeness (QED) is 0.765. The van der Waals surface area contributed by atoms with Crippen LogP contribution < -0.4 is 5.32 Å². The number of furan rings is 1. The summed E-state index contributed by atoms with van der Waals surface area (Å²) in [5.74, 6) is 0. The van der Waals surface area contributed by atoms with Crippen molar-refractivity contribution in [3.05, 3.63) is 24.2 Å². The summed E-state index contributed by atoms with van der Waals surface area (Å²) in [4.78, 5) is 0. The molecule has 3 heteroatoms. The van der Waals surface area contributed by atoms with Crippen molar-refractivity contribution in [2.45, 2.75) is 31.5 Å². The Labute approximate surface area is 78.1 Å². The van der Waals surface area contributed by atoms with E-state index in [2.05, 4.69) is 5.32 Å². The Morgan fingerprint density at radius 3 is 3.08 bits per heavy atom. The lowest BCUT2D eigenvalue weighted by atomic mass is 9.89. The van der Waals surface area contributed by atoms with Gasteiger partial charge >= 0.3 is 0 Å². The predicted molar refractivity (Wildman–Crippen MR) is 49.4 cm³/mol. The molecule has 0 atom stereocenters. The Kier molecular flexibility index (Phi) is 2.66. The molecule has 1 aromatic heterocycles. The summed E-state index contributed by atoms with van der Waals surface area (Å²) >= 11 is 0. The summed E-state index contributed by atoms with van der Waals surface area (Å²) in [6.45, 7) is 0.900. The molecule has 2 rings (SSSR count). The summed E-state index contributed by atoms with van der Waals surface area (Å²) < 4.78 is 10.2. The third kappa shape index (κ3) is 2.11. The third-order valence-electron chi connectivity index (χ3n) is 2.60. The average molecular weight is 181 g/mol. The van der Waals surface area contributed by atoms with Gasteiger partial charge in [-0.1, -0.05) is 0 Å². The highest BCUT2D eigenvalue weighted by Gasteiger charge is 2.28. The molecule has 0 saturated heterocycles. The zero-order valence-electron chi connectivity index (χ0n) is 7.82. The van der Waals surface area contributed by atoms with Crippen LogP contribution in [0.25, 0.3) is 0 Å². The first-order valence-corrected chi connectivity index (χ1v) is 4.65. The topological polar surface area (TPSA) is 34.4 Å². The molecule has 0 spiro atoms. The van der Waals surface area contributed by atoms with Crippen LogP contribution in [-0.2, 0) is 11.3 Å². The molecule has 1 saturated carbocycles. The fourth-order valence-electron chi connectivity index (χ4n) is 1.58. The average Bonchev–Trinajstić information content (AvgIpc) is 2.54. The van der Waals surface area contributed by atoms with Crippen molar-refractivity contribution in [3.8, 4) is 0 Å². The molecule has 1 N–H and O–H groups in total. The number of ether oxygens (including phenoxy) is 1. The highest BCUT2D eigenvalue weighted by atomic mass is 16.5. The summed E-state index contributed by atoms with van der Waals surface area (Å²) in [5, 5.41) is 3.45. The first-order chi connectivity index (χ1) is 6.38. The van der Waals surface area contributed by atoms with Crippen molar-refractivity contribution >= 4 is 0 Å². The van der Waals surface area contributed by atoms with Crippen LogP contribution in [0.2, 0.25) is 0 Å². The molecule has 1 aromatic rings. The maximum absolute atomic E-state index is 5.19. The molecule has 3 nitrogen and oxygen atoms in total. The van der Waals surface area contributed by atoms with E-state index in [1.807, 2.05) is 6.07 Å². The molecule has 0 aromatic carbocycles. The summed E-state index contributed by atoms with van der Waals surface area (Å²) in [6.07, 6.45) is 6.22. The van der Waals surface area contributed by atoms with Crippen LogP contribution in [-0.4, -0.2) is 19.3 Å². The van der Waals surface area contributed by atoms with Gasteiger partial charge in [-0.05, 0) is 18.9 Å². The van der Waals surface area contributed by atoms with Crippen LogP contribution >= 0.6 is 0 Å². The molecule has 1 aliphatic carbocycles. The first kappa shape index (κ1) is 8.78. The molecular weight excluding hydrogens is 166 g/mol. The van der Waals surface area contributed by atoms with E-state index in [0.717, 1.165) is 19.4 Å². The Balaban J connectivity index is 1.65. The molecule has 0 unspecified atom stereocenters. The summed E-state index contributed by atoms with van der Waals surface area (Å²) in [5.41, 5.74) is 1.21. The van der Waals surface area contributed by atoms with E-state index in [1.54, 1.807) is 19.6 Å². The zero-order chi connectivity index (χ0) is 9.10. The Bertz CT molecular complexity index is 239. The second-order valence-electron chi connectivity index (χ2n) is 3.54. The number of hydrogen-bond donors (Lipinski definition) is 1. The van der Waals surface area contributed by atoms with E-state index >= 15 is 0 Å². The van der Waals surface area contributed by atoms with Crippen LogP contribution in [0.15, 0.2) is 23.0 Å². The van der Waals surface area contributed by atoms with Crippen molar-refractivity contribution in [2.75, 3.05) is 7.11 Å². The minimum Gasteiger partial charge on any atom is -0.472 e. The lowest BCUT2D eigenvalue weighted by molar-refractivity contribution is 0.0170. The minimum atomic E-state index is 0.474. The molecule has 1 fully saturated rings. The van der Waals surface area contributed by atoms with Gasteiger partial charge in [0.15, 0.2) is 0 Å². The number of nitrogens with one attached hydrogen (secondary N) is 1. The molecule has 13 heavy (non-hydrogen) atoms. The highest BCUT2D eigenvalue weighted by molar-refractivity contribution is 5.05. The van der Waals surface area contributed by atoms with E-state index < -0.39 is 0 Å². The maximum atomic E-state index is 5.19. The third-order valence-corrected chi connectivity index (χ3v) is 2.60. The maximum Gasteiger partial charge on any atom is 0.0947 e. The van der Waals surface area contributed by atoms with E-state index in [9.17, 15) is 0 Å². The highest BCUT2D eigenvalue weighted by Crippen LogP contribution is 2.22. The fourth-order valence-corrected chi connectivity index (χ4v) is 1.58. The number of rotatable bonds is 4. The summed E-state index contributed by atoms with van der Waals surface area (Å²) in [6, 6.07) is 2.61. The van der Waals surface area contributed by atoms with Crippen LogP contribution in [0.4, 0.5) is 0 Å².